The SMILES string of the molecule is Cc1cccc(C(=O)C2(C(=O)O)CCCC2)c1. The highest BCUT2D eigenvalue weighted by atomic mass is 16.4. The summed E-state index contributed by atoms with van der Waals surface area (Å²) in [6.07, 6.45) is 2.58. The zero-order valence-electron chi connectivity index (χ0n) is 9.90. The van der Waals surface area contributed by atoms with Gasteiger partial charge in [-0.15, -0.1) is 0 Å². The number of carbonyl (C=O) groups is 2. The maximum atomic E-state index is 12.4. The zero-order chi connectivity index (χ0) is 12.5. The number of carboxylic acids is 1. The van der Waals surface area contributed by atoms with Crippen LogP contribution in [0.4, 0.5) is 0 Å². The molecule has 0 amide bonds. The van der Waals surface area contributed by atoms with Crippen LogP contribution in [0.5, 0.6) is 0 Å². The van der Waals surface area contributed by atoms with E-state index in [2.05, 4.69) is 0 Å². The quantitative estimate of drug-likeness (QED) is 0.644. The Morgan fingerprint density at radius 1 is 1.24 bits per heavy atom. The first-order valence-electron chi connectivity index (χ1n) is 5.91. The standard InChI is InChI=1S/C14H16O3/c1-10-5-4-6-11(9-10)12(15)14(13(16)17)7-2-3-8-14/h4-6,9H,2-3,7-8H2,1H3,(H,16,17). The fourth-order valence-corrected chi connectivity index (χ4v) is 2.58. The van der Waals surface area contributed by atoms with Crippen molar-refractivity contribution in [2.24, 2.45) is 5.41 Å². The lowest BCUT2D eigenvalue weighted by Crippen LogP contribution is -2.36. The van der Waals surface area contributed by atoms with Crippen LogP contribution in [0.25, 0.3) is 0 Å². The number of carbonyl (C=O) groups excluding carboxylic acids is 1. The summed E-state index contributed by atoms with van der Waals surface area (Å²) in [5, 5.41) is 9.34. The maximum absolute atomic E-state index is 12.4. The second kappa shape index (κ2) is 4.32. The molecule has 3 heteroatoms. The molecule has 0 atom stereocenters. The Morgan fingerprint density at radius 2 is 1.88 bits per heavy atom. The van der Waals surface area contributed by atoms with E-state index < -0.39 is 11.4 Å². The smallest absolute Gasteiger partial charge is 0.317 e. The highest BCUT2D eigenvalue weighted by Gasteiger charge is 2.48. The first kappa shape index (κ1) is 11.8. The maximum Gasteiger partial charge on any atom is 0.317 e. The summed E-state index contributed by atoms with van der Waals surface area (Å²) in [6.45, 7) is 1.90. The lowest BCUT2D eigenvalue weighted by molar-refractivity contribution is -0.145. The number of aliphatic carboxylic acids is 1. The number of Topliss-reactive ketones (excluding diaryl/α,β-unsaturated/α-hetero) is 1. The molecule has 2 rings (SSSR count). The third-order valence-corrected chi connectivity index (χ3v) is 3.58. The van der Waals surface area contributed by atoms with Crippen molar-refractivity contribution in [2.75, 3.05) is 0 Å². The van der Waals surface area contributed by atoms with Crippen LogP contribution < -0.4 is 0 Å². The van der Waals surface area contributed by atoms with Crippen molar-refractivity contribution in [2.45, 2.75) is 32.6 Å². The highest BCUT2D eigenvalue weighted by Crippen LogP contribution is 2.41. The number of hydrogen-bond acceptors (Lipinski definition) is 2. The van der Waals surface area contributed by atoms with Gasteiger partial charge in [0.25, 0.3) is 0 Å². The predicted molar refractivity (Wildman–Crippen MR) is 64.0 cm³/mol. The molecule has 1 fully saturated rings. The molecule has 1 aliphatic carbocycles. The van der Waals surface area contributed by atoms with Gasteiger partial charge in [0.15, 0.2) is 5.78 Å². The van der Waals surface area contributed by atoms with Crippen molar-refractivity contribution in [3.8, 4) is 0 Å². The molecule has 1 saturated carbocycles. The topological polar surface area (TPSA) is 54.4 Å². The van der Waals surface area contributed by atoms with Crippen molar-refractivity contribution in [3.05, 3.63) is 35.4 Å². The van der Waals surface area contributed by atoms with E-state index in [1.807, 2.05) is 13.0 Å². The molecule has 0 aliphatic heterocycles. The van der Waals surface area contributed by atoms with Crippen LogP contribution in [-0.2, 0) is 4.79 Å². The van der Waals surface area contributed by atoms with E-state index >= 15 is 0 Å². The fraction of sp³-hybridized carbons (Fsp3) is 0.429. The number of hydrogen-bond donors (Lipinski definition) is 1. The highest BCUT2D eigenvalue weighted by molar-refractivity contribution is 6.12. The molecule has 1 aromatic carbocycles. The van der Waals surface area contributed by atoms with Gasteiger partial charge in [0.1, 0.15) is 5.41 Å². The van der Waals surface area contributed by atoms with Crippen molar-refractivity contribution < 1.29 is 14.7 Å². The second-order valence-corrected chi connectivity index (χ2v) is 4.79. The van der Waals surface area contributed by atoms with E-state index in [1.165, 1.54) is 0 Å². The molecule has 0 radical (unpaired) electrons. The summed E-state index contributed by atoms with van der Waals surface area (Å²) in [4.78, 5) is 23.8. The molecule has 1 aromatic rings. The zero-order valence-corrected chi connectivity index (χ0v) is 9.90. The van der Waals surface area contributed by atoms with Crippen LogP contribution in [0.3, 0.4) is 0 Å². The van der Waals surface area contributed by atoms with Crippen LogP contribution in [0.15, 0.2) is 24.3 Å². The molecule has 0 saturated heterocycles. The number of carboxylic acid groups (broad SMARTS) is 1. The lowest BCUT2D eigenvalue weighted by atomic mass is 9.78. The molecule has 1 N–H and O–H groups in total. The summed E-state index contributed by atoms with van der Waals surface area (Å²) in [6, 6.07) is 7.18. The fourth-order valence-electron chi connectivity index (χ4n) is 2.58. The monoisotopic (exact) mass is 232 g/mol. The summed E-state index contributed by atoms with van der Waals surface area (Å²) < 4.78 is 0. The van der Waals surface area contributed by atoms with Crippen LogP contribution in [0.1, 0.15) is 41.6 Å². The molecule has 3 nitrogen and oxygen atoms in total. The third kappa shape index (κ3) is 1.97. The second-order valence-electron chi connectivity index (χ2n) is 4.79. The molecule has 90 valence electrons. The van der Waals surface area contributed by atoms with E-state index in [4.69, 9.17) is 0 Å². The minimum Gasteiger partial charge on any atom is -0.480 e. The van der Waals surface area contributed by atoms with Crippen LogP contribution in [0, 0.1) is 12.3 Å². The largest absolute Gasteiger partial charge is 0.480 e. The molecule has 0 bridgehead atoms. The van der Waals surface area contributed by atoms with E-state index in [9.17, 15) is 14.7 Å². The van der Waals surface area contributed by atoms with Crippen molar-refractivity contribution >= 4 is 11.8 Å². The first-order valence-corrected chi connectivity index (χ1v) is 5.91. The van der Waals surface area contributed by atoms with Gasteiger partial charge in [0, 0.05) is 5.56 Å². The van der Waals surface area contributed by atoms with Crippen LogP contribution in [0.2, 0.25) is 0 Å². The van der Waals surface area contributed by atoms with Gasteiger partial charge >= 0.3 is 5.97 Å². The lowest BCUT2D eigenvalue weighted by Gasteiger charge is -2.22. The van der Waals surface area contributed by atoms with Crippen LogP contribution >= 0.6 is 0 Å². The Hall–Kier alpha value is -1.64. The molecule has 17 heavy (non-hydrogen) atoms. The Morgan fingerprint density at radius 3 is 2.41 bits per heavy atom. The number of ketones is 1. The van der Waals surface area contributed by atoms with E-state index in [1.54, 1.807) is 18.2 Å². The van der Waals surface area contributed by atoms with Crippen molar-refractivity contribution in [1.29, 1.82) is 0 Å². The summed E-state index contributed by atoms with van der Waals surface area (Å²) >= 11 is 0. The van der Waals surface area contributed by atoms with Gasteiger partial charge in [-0.1, -0.05) is 36.6 Å². The Balaban J connectivity index is 2.38. The van der Waals surface area contributed by atoms with E-state index in [-0.39, 0.29) is 5.78 Å². The molecule has 1 aliphatic rings. The van der Waals surface area contributed by atoms with Gasteiger partial charge in [-0.2, -0.15) is 0 Å². The predicted octanol–water partition coefficient (Wildman–Crippen LogP) is 2.82. The van der Waals surface area contributed by atoms with Gasteiger partial charge < -0.3 is 5.11 Å². The molecular weight excluding hydrogens is 216 g/mol. The number of benzene rings is 1. The molecule has 0 unspecified atom stereocenters. The number of rotatable bonds is 3. The number of aryl methyl sites for hydroxylation is 1. The Labute approximate surface area is 100 Å². The minimum atomic E-state index is -1.17. The Kier molecular flexibility index (Phi) is 3.01. The van der Waals surface area contributed by atoms with Crippen LogP contribution in [-0.4, -0.2) is 16.9 Å². The van der Waals surface area contributed by atoms with Gasteiger partial charge in [0.2, 0.25) is 0 Å². The molecule has 0 aromatic heterocycles. The van der Waals surface area contributed by atoms with Gasteiger partial charge in [-0.25, -0.2) is 0 Å². The van der Waals surface area contributed by atoms with Crippen molar-refractivity contribution in [1.82, 2.24) is 0 Å². The third-order valence-electron chi connectivity index (χ3n) is 3.58. The van der Waals surface area contributed by atoms with Gasteiger partial charge in [-0.3, -0.25) is 9.59 Å². The average molecular weight is 232 g/mol. The van der Waals surface area contributed by atoms with Gasteiger partial charge in [-0.05, 0) is 25.8 Å². The van der Waals surface area contributed by atoms with Crippen molar-refractivity contribution in [3.63, 3.8) is 0 Å². The molecular formula is C14H16O3. The average Bonchev–Trinajstić information content (AvgIpc) is 2.78. The minimum absolute atomic E-state index is 0.230. The van der Waals surface area contributed by atoms with Gasteiger partial charge in [0.05, 0.1) is 0 Å². The summed E-state index contributed by atoms with van der Waals surface area (Å²) in [5.41, 5.74) is 0.331. The van der Waals surface area contributed by atoms with E-state index in [0.29, 0.717) is 18.4 Å². The molecule has 0 heterocycles. The Bertz CT molecular complexity index is 456. The summed E-state index contributed by atoms with van der Waals surface area (Å²) in [7, 11) is 0. The molecule has 0 spiro atoms. The summed E-state index contributed by atoms with van der Waals surface area (Å²) in [5.74, 6) is -1.20. The normalized spacial score (nSPS) is 17.9. The first-order chi connectivity index (χ1) is 8.06. The van der Waals surface area contributed by atoms with E-state index in [0.717, 1.165) is 18.4 Å².